The first kappa shape index (κ1) is 15.8. The van der Waals surface area contributed by atoms with Crippen LogP contribution in [-0.4, -0.2) is 22.8 Å². The van der Waals surface area contributed by atoms with Gasteiger partial charge >= 0.3 is 5.97 Å². The highest BCUT2D eigenvalue weighted by Crippen LogP contribution is 2.25. The molecular weight excluding hydrogens is 286 g/mol. The van der Waals surface area contributed by atoms with Gasteiger partial charge in [0, 0.05) is 12.1 Å². The summed E-state index contributed by atoms with van der Waals surface area (Å²) >= 11 is 5.66. The van der Waals surface area contributed by atoms with Gasteiger partial charge in [-0.2, -0.15) is 0 Å². The van der Waals surface area contributed by atoms with E-state index in [1.54, 1.807) is 0 Å². The van der Waals surface area contributed by atoms with E-state index in [4.69, 9.17) is 16.3 Å². The van der Waals surface area contributed by atoms with Gasteiger partial charge < -0.3 is 4.74 Å². The first-order valence-corrected chi connectivity index (χ1v) is 6.02. The summed E-state index contributed by atoms with van der Waals surface area (Å²) in [5.41, 5.74) is 0.174. The van der Waals surface area contributed by atoms with Crippen molar-refractivity contribution >= 4 is 35.1 Å². The van der Waals surface area contributed by atoms with Crippen molar-refractivity contribution in [2.24, 2.45) is 0 Å². The second kappa shape index (κ2) is 6.81. The van der Waals surface area contributed by atoms with Gasteiger partial charge in [-0.3, -0.25) is 14.9 Å². The third-order valence-corrected chi connectivity index (χ3v) is 2.76. The predicted molar refractivity (Wildman–Crippen MR) is 73.4 cm³/mol. The van der Waals surface area contributed by atoms with Gasteiger partial charge in [-0.1, -0.05) is 17.7 Å². The fourth-order valence-electron chi connectivity index (χ4n) is 1.23. The number of ether oxygens (including phenoxy) is 1. The maximum absolute atomic E-state index is 11.4. The van der Waals surface area contributed by atoms with Crippen LogP contribution < -0.4 is 0 Å². The molecule has 0 heterocycles. The van der Waals surface area contributed by atoms with E-state index < -0.39 is 17.0 Å². The Balaban J connectivity index is 2.80. The van der Waals surface area contributed by atoms with Crippen molar-refractivity contribution < 1.29 is 19.2 Å². The fourth-order valence-corrected chi connectivity index (χ4v) is 1.42. The molecule has 1 rings (SSSR count). The number of ketones is 1. The third-order valence-electron chi connectivity index (χ3n) is 2.44. The van der Waals surface area contributed by atoms with Crippen molar-refractivity contribution in [1.29, 1.82) is 0 Å². The van der Waals surface area contributed by atoms with Gasteiger partial charge in [0.15, 0.2) is 11.9 Å². The first-order valence-electron chi connectivity index (χ1n) is 5.64. The van der Waals surface area contributed by atoms with Crippen LogP contribution in [0.15, 0.2) is 24.3 Å². The normalized spacial score (nSPS) is 12.2. The Hall–Kier alpha value is -2.21. The molecule has 106 valence electrons. The average molecular weight is 298 g/mol. The molecule has 0 N–H and O–H groups in total. The quantitative estimate of drug-likeness (QED) is 0.361. The second-order valence-corrected chi connectivity index (χ2v) is 4.40. The molecule has 0 bridgehead atoms. The number of carbonyl (C=O) groups is 2. The minimum Gasteiger partial charge on any atom is -0.452 e. The lowest BCUT2D eigenvalue weighted by molar-refractivity contribution is -0.384. The van der Waals surface area contributed by atoms with Gasteiger partial charge in [-0.15, -0.1) is 0 Å². The van der Waals surface area contributed by atoms with Crippen LogP contribution in [0.25, 0.3) is 6.08 Å². The van der Waals surface area contributed by atoms with E-state index in [-0.39, 0.29) is 16.5 Å². The molecule has 0 saturated heterocycles. The highest BCUT2D eigenvalue weighted by atomic mass is 35.5. The summed E-state index contributed by atoms with van der Waals surface area (Å²) in [5.74, 6) is -0.973. The predicted octanol–water partition coefficient (Wildman–Crippen LogP) is 2.78. The highest BCUT2D eigenvalue weighted by molar-refractivity contribution is 6.32. The zero-order valence-corrected chi connectivity index (χ0v) is 11.6. The summed E-state index contributed by atoms with van der Waals surface area (Å²) < 4.78 is 4.80. The Morgan fingerprint density at radius 1 is 1.45 bits per heavy atom. The summed E-state index contributed by atoms with van der Waals surface area (Å²) in [6.45, 7) is 2.77. The summed E-state index contributed by atoms with van der Waals surface area (Å²) in [5, 5.41) is 10.7. The fraction of sp³-hybridized carbons (Fsp3) is 0.231. The molecule has 0 aromatic heterocycles. The second-order valence-electron chi connectivity index (χ2n) is 3.99. The van der Waals surface area contributed by atoms with Crippen molar-refractivity contribution in [3.05, 3.63) is 45.0 Å². The van der Waals surface area contributed by atoms with Gasteiger partial charge in [-0.25, -0.2) is 4.79 Å². The Morgan fingerprint density at radius 3 is 2.65 bits per heavy atom. The third kappa shape index (κ3) is 4.47. The largest absolute Gasteiger partial charge is 0.452 e. The summed E-state index contributed by atoms with van der Waals surface area (Å²) in [7, 11) is 0. The molecule has 1 unspecified atom stereocenters. The molecule has 0 radical (unpaired) electrons. The Bertz CT molecular complexity index is 582. The van der Waals surface area contributed by atoms with Crippen molar-refractivity contribution in [1.82, 2.24) is 0 Å². The van der Waals surface area contributed by atoms with Crippen molar-refractivity contribution in [3.63, 3.8) is 0 Å². The Morgan fingerprint density at radius 2 is 2.10 bits per heavy atom. The molecular formula is C13H12ClNO5. The molecule has 0 aliphatic carbocycles. The summed E-state index contributed by atoms with van der Waals surface area (Å²) in [6, 6.07) is 4.12. The number of nitro benzene ring substituents is 1. The number of hydrogen-bond donors (Lipinski definition) is 0. The van der Waals surface area contributed by atoms with Crippen LogP contribution >= 0.6 is 11.6 Å². The zero-order chi connectivity index (χ0) is 15.3. The van der Waals surface area contributed by atoms with E-state index >= 15 is 0 Å². The number of halogens is 1. The van der Waals surface area contributed by atoms with Crippen LogP contribution in [0.3, 0.4) is 0 Å². The van der Waals surface area contributed by atoms with E-state index in [0.29, 0.717) is 5.56 Å². The Kier molecular flexibility index (Phi) is 5.40. The van der Waals surface area contributed by atoms with Crippen LogP contribution in [0.2, 0.25) is 5.02 Å². The molecule has 0 aliphatic rings. The molecule has 1 atom stereocenters. The van der Waals surface area contributed by atoms with E-state index in [1.165, 1.54) is 38.1 Å². The number of benzene rings is 1. The number of hydrogen-bond acceptors (Lipinski definition) is 5. The molecule has 1 aromatic rings. The van der Waals surface area contributed by atoms with Gasteiger partial charge in [-0.05, 0) is 31.6 Å². The maximum atomic E-state index is 11.4. The summed E-state index contributed by atoms with van der Waals surface area (Å²) in [6.07, 6.45) is 1.61. The van der Waals surface area contributed by atoms with Crippen molar-refractivity contribution in [2.75, 3.05) is 0 Å². The van der Waals surface area contributed by atoms with Gasteiger partial charge in [0.25, 0.3) is 5.69 Å². The highest BCUT2D eigenvalue weighted by Gasteiger charge is 2.13. The summed E-state index contributed by atoms with van der Waals surface area (Å²) in [4.78, 5) is 32.4. The lowest BCUT2D eigenvalue weighted by atomic mass is 10.2. The number of Topliss-reactive ketones (excluding diaryl/α,β-unsaturated/α-hetero) is 1. The lowest BCUT2D eigenvalue weighted by Gasteiger charge is -2.06. The molecule has 0 saturated carbocycles. The monoisotopic (exact) mass is 297 g/mol. The molecule has 0 fully saturated rings. The standard InChI is InChI=1S/C13H12ClNO5/c1-8(16)9(2)20-13(17)6-4-10-3-5-11(14)12(7-10)15(18)19/h3-7,9H,1-2H3/b6-4+. The number of nitrogens with zero attached hydrogens (tertiary/aromatic N) is 1. The zero-order valence-electron chi connectivity index (χ0n) is 10.8. The van der Waals surface area contributed by atoms with Crippen LogP contribution in [0.5, 0.6) is 0 Å². The number of esters is 1. The maximum Gasteiger partial charge on any atom is 0.331 e. The molecule has 6 nitrogen and oxygen atoms in total. The van der Waals surface area contributed by atoms with E-state index in [2.05, 4.69) is 0 Å². The topological polar surface area (TPSA) is 86.5 Å². The number of nitro groups is 1. The van der Waals surface area contributed by atoms with Crippen LogP contribution in [0.1, 0.15) is 19.4 Å². The van der Waals surface area contributed by atoms with Crippen molar-refractivity contribution in [2.45, 2.75) is 20.0 Å². The lowest BCUT2D eigenvalue weighted by Crippen LogP contribution is -2.20. The van der Waals surface area contributed by atoms with E-state index in [1.807, 2.05) is 0 Å². The van der Waals surface area contributed by atoms with E-state index in [9.17, 15) is 19.7 Å². The smallest absolute Gasteiger partial charge is 0.331 e. The van der Waals surface area contributed by atoms with Gasteiger partial charge in [0.2, 0.25) is 0 Å². The number of rotatable bonds is 5. The molecule has 1 aromatic carbocycles. The minimum absolute atomic E-state index is 0.0138. The molecule has 20 heavy (non-hydrogen) atoms. The van der Waals surface area contributed by atoms with Crippen LogP contribution in [0, 0.1) is 10.1 Å². The minimum atomic E-state index is -0.827. The molecule has 0 aliphatic heterocycles. The first-order chi connectivity index (χ1) is 9.31. The van der Waals surface area contributed by atoms with Gasteiger partial charge in [0.1, 0.15) is 5.02 Å². The molecule has 7 heteroatoms. The van der Waals surface area contributed by atoms with E-state index in [0.717, 1.165) is 6.08 Å². The van der Waals surface area contributed by atoms with Crippen LogP contribution in [-0.2, 0) is 14.3 Å². The van der Waals surface area contributed by atoms with Crippen LogP contribution in [0.4, 0.5) is 5.69 Å². The molecule has 0 amide bonds. The average Bonchev–Trinajstić information content (AvgIpc) is 2.37. The Labute approximate surface area is 120 Å². The van der Waals surface area contributed by atoms with Crippen molar-refractivity contribution in [3.8, 4) is 0 Å². The SMILES string of the molecule is CC(=O)C(C)OC(=O)/C=C/c1ccc(Cl)c([N+](=O)[O-])c1. The number of carbonyl (C=O) groups excluding carboxylic acids is 2. The molecule has 0 spiro atoms. The van der Waals surface area contributed by atoms with Gasteiger partial charge in [0.05, 0.1) is 4.92 Å².